The monoisotopic (exact) mass is 289 g/mol. The van der Waals surface area contributed by atoms with Gasteiger partial charge in [0, 0.05) is 5.69 Å². The van der Waals surface area contributed by atoms with Gasteiger partial charge in [0.1, 0.15) is 0 Å². The van der Waals surface area contributed by atoms with Crippen LogP contribution in [0.4, 0.5) is 16.2 Å². The minimum Gasteiger partial charge on any atom is -0.478 e. The van der Waals surface area contributed by atoms with Gasteiger partial charge in [0.15, 0.2) is 0 Å². The fourth-order valence-electron chi connectivity index (χ4n) is 1.15. The van der Waals surface area contributed by atoms with E-state index in [0.29, 0.717) is 0 Å². The smallest absolute Gasteiger partial charge is 0.422 e. The van der Waals surface area contributed by atoms with Gasteiger partial charge in [-0.2, -0.15) is 8.42 Å². The van der Waals surface area contributed by atoms with E-state index in [9.17, 15) is 18.0 Å². The van der Waals surface area contributed by atoms with E-state index in [4.69, 9.17) is 10.8 Å². The Balaban J connectivity index is 3.08. The quantitative estimate of drug-likeness (QED) is 0.569. The van der Waals surface area contributed by atoms with Crippen molar-refractivity contribution in [3.8, 4) is 0 Å². The first-order valence-electron chi connectivity index (χ1n) is 4.76. The summed E-state index contributed by atoms with van der Waals surface area (Å²) in [5.74, 6) is -1.35. The summed E-state index contributed by atoms with van der Waals surface area (Å²) in [6, 6.07) is 3.54. The van der Waals surface area contributed by atoms with Crippen LogP contribution >= 0.6 is 0 Å². The number of hydrogen-bond acceptors (Lipinski definition) is 6. The average Bonchev–Trinajstić information content (AvgIpc) is 2.27. The highest BCUT2D eigenvalue weighted by Gasteiger charge is 2.18. The minimum atomic E-state index is -4.31. The number of carboxylic acids is 1. The van der Waals surface area contributed by atoms with Crippen LogP contribution in [0.3, 0.4) is 0 Å². The highest BCUT2D eigenvalue weighted by atomic mass is 32.2. The maximum Gasteiger partial charge on any atom is 0.422 e. The predicted octanol–water partition coefficient (Wildman–Crippen LogP) is -0.0203. The van der Waals surface area contributed by atoms with Crippen molar-refractivity contribution in [1.82, 2.24) is 4.72 Å². The van der Waals surface area contributed by atoms with Gasteiger partial charge in [-0.1, -0.05) is 0 Å². The molecule has 0 fully saturated rings. The van der Waals surface area contributed by atoms with Gasteiger partial charge in [0.25, 0.3) is 0 Å². The second-order valence-electron chi connectivity index (χ2n) is 3.31. The van der Waals surface area contributed by atoms with Crippen molar-refractivity contribution < 1.29 is 27.9 Å². The molecule has 0 atom stereocenters. The number of benzene rings is 1. The Bertz CT molecular complexity index is 612. The van der Waals surface area contributed by atoms with Gasteiger partial charge in [-0.25, -0.2) is 14.3 Å². The van der Waals surface area contributed by atoms with Crippen molar-refractivity contribution in [2.24, 2.45) is 0 Å². The molecule has 0 bridgehead atoms. The van der Waals surface area contributed by atoms with E-state index in [1.807, 2.05) is 4.72 Å². The Morgan fingerprint density at radius 2 is 2.00 bits per heavy atom. The van der Waals surface area contributed by atoms with E-state index in [-0.39, 0.29) is 16.9 Å². The van der Waals surface area contributed by atoms with E-state index in [2.05, 4.69) is 4.74 Å². The van der Waals surface area contributed by atoms with Gasteiger partial charge in [0.05, 0.1) is 18.4 Å². The highest BCUT2D eigenvalue weighted by molar-refractivity contribution is 7.91. The van der Waals surface area contributed by atoms with Crippen LogP contribution < -0.4 is 15.2 Å². The molecule has 104 valence electrons. The lowest BCUT2D eigenvalue weighted by molar-refractivity contribution is 0.0698. The number of nitrogens with two attached hydrogens (primary N) is 1. The van der Waals surface area contributed by atoms with E-state index in [0.717, 1.165) is 19.2 Å². The summed E-state index contributed by atoms with van der Waals surface area (Å²) >= 11 is 0. The SMILES string of the molecule is COC(=O)NS(=O)(=O)Nc1cc(N)ccc1C(=O)O. The first-order valence-corrected chi connectivity index (χ1v) is 6.25. The number of aromatic carboxylic acids is 1. The molecule has 1 aromatic carbocycles. The summed E-state index contributed by atoms with van der Waals surface area (Å²) < 4.78 is 30.5. The van der Waals surface area contributed by atoms with Crippen molar-refractivity contribution in [1.29, 1.82) is 0 Å². The molecule has 0 heterocycles. The number of methoxy groups -OCH3 is 1. The predicted molar refractivity (Wildman–Crippen MR) is 65.9 cm³/mol. The third kappa shape index (κ3) is 4.03. The van der Waals surface area contributed by atoms with Crippen LogP contribution in [-0.4, -0.2) is 32.7 Å². The van der Waals surface area contributed by atoms with Crippen molar-refractivity contribution in [3.05, 3.63) is 23.8 Å². The van der Waals surface area contributed by atoms with Crippen molar-refractivity contribution >= 4 is 33.6 Å². The van der Waals surface area contributed by atoms with Crippen LogP contribution in [0.5, 0.6) is 0 Å². The summed E-state index contributed by atoms with van der Waals surface area (Å²) in [4.78, 5) is 21.7. The Labute approximate surface area is 108 Å². The molecular weight excluding hydrogens is 278 g/mol. The highest BCUT2D eigenvalue weighted by Crippen LogP contribution is 2.20. The first kappa shape index (κ1) is 14.6. The zero-order valence-electron chi connectivity index (χ0n) is 9.71. The molecule has 0 saturated heterocycles. The molecule has 19 heavy (non-hydrogen) atoms. The zero-order chi connectivity index (χ0) is 14.6. The molecule has 1 rings (SSSR count). The Kier molecular flexibility index (Phi) is 4.17. The molecule has 0 aliphatic heterocycles. The number of nitrogens with one attached hydrogen (secondary N) is 2. The third-order valence-corrected chi connectivity index (χ3v) is 2.85. The summed E-state index contributed by atoms with van der Waals surface area (Å²) in [5, 5.41) is 8.89. The minimum absolute atomic E-state index is 0.153. The zero-order valence-corrected chi connectivity index (χ0v) is 10.5. The molecule has 1 amide bonds. The fraction of sp³-hybridized carbons (Fsp3) is 0.111. The van der Waals surface area contributed by atoms with Crippen LogP contribution in [0.25, 0.3) is 0 Å². The summed E-state index contributed by atoms with van der Waals surface area (Å²) in [7, 11) is -3.33. The lowest BCUT2D eigenvalue weighted by Crippen LogP contribution is -2.35. The first-order chi connectivity index (χ1) is 8.75. The summed E-state index contributed by atoms with van der Waals surface area (Å²) in [6.45, 7) is 0. The molecule has 10 heteroatoms. The van der Waals surface area contributed by atoms with Crippen molar-refractivity contribution in [2.75, 3.05) is 17.6 Å². The van der Waals surface area contributed by atoms with Gasteiger partial charge in [-0.15, -0.1) is 0 Å². The second kappa shape index (κ2) is 5.44. The maximum absolute atomic E-state index is 11.5. The second-order valence-corrected chi connectivity index (χ2v) is 4.72. The number of carbonyl (C=O) groups is 2. The van der Waals surface area contributed by atoms with E-state index < -0.39 is 22.3 Å². The van der Waals surface area contributed by atoms with Gasteiger partial charge < -0.3 is 15.6 Å². The summed E-state index contributed by atoms with van der Waals surface area (Å²) in [6.07, 6.45) is -1.21. The number of ether oxygens (including phenoxy) is 1. The van der Waals surface area contributed by atoms with Crippen LogP contribution in [0, 0.1) is 0 Å². The van der Waals surface area contributed by atoms with Gasteiger partial charge in [-0.3, -0.25) is 4.72 Å². The van der Waals surface area contributed by atoms with E-state index in [1.165, 1.54) is 10.8 Å². The third-order valence-electron chi connectivity index (χ3n) is 1.92. The molecular formula is C9H11N3O6S. The van der Waals surface area contributed by atoms with Crippen molar-refractivity contribution in [3.63, 3.8) is 0 Å². The fourth-order valence-corrected chi connectivity index (χ4v) is 1.97. The topological polar surface area (TPSA) is 148 Å². The van der Waals surface area contributed by atoms with Crippen LogP contribution in [0.15, 0.2) is 18.2 Å². The van der Waals surface area contributed by atoms with Crippen molar-refractivity contribution in [2.45, 2.75) is 0 Å². The molecule has 1 aromatic rings. The Morgan fingerprint density at radius 1 is 1.37 bits per heavy atom. The molecule has 0 aliphatic carbocycles. The maximum atomic E-state index is 11.5. The molecule has 0 unspecified atom stereocenters. The lowest BCUT2D eigenvalue weighted by atomic mass is 10.1. The number of anilines is 2. The molecule has 0 spiro atoms. The van der Waals surface area contributed by atoms with Gasteiger partial charge >= 0.3 is 22.3 Å². The molecule has 0 radical (unpaired) electrons. The largest absolute Gasteiger partial charge is 0.478 e. The Hall–Kier alpha value is -2.49. The van der Waals surface area contributed by atoms with E-state index >= 15 is 0 Å². The number of nitrogen functional groups attached to an aromatic ring is 1. The average molecular weight is 289 g/mol. The molecule has 5 N–H and O–H groups in total. The Morgan fingerprint density at radius 3 is 2.53 bits per heavy atom. The van der Waals surface area contributed by atoms with E-state index in [1.54, 1.807) is 0 Å². The number of hydrogen-bond donors (Lipinski definition) is 4. The number of rotatable bonds is 4. The molecule has 0 aliphatic rings. The normalized spacial score (nSPS) is 10.6. The van der Waals surface area contributed by atoms with Crippen LogP contribution in [0.1, 0.15) is 10.4 Å². The van der Waals surface area contributed by atoms with Crippen LogP contribution in [-0.2, 0) is 14.9 Å². The molecule has 0 aromatic heterocycles. The van der Waals surface area contributed by atoms with Gasteiger partial charge in [0.2, 0.25) is 0 Å². The summed E-state index contributed by atoms with van der Waals surface area (Å²) in [5.41, 5.74) is 5.00. The number of amides is 1. The number of carbonyl (C=O) groups excluding carboxylic acids is 1. The van der Waals surface area contributed by atoms with Gasteiger partial charge in [-0.05, 0) is 18.2 Å². The number of carboxylic acid groups (broad SMARTS) is 1. The van der Waals surface area contributed by atoms with Crippen LogP contribution in [0.2, 0.25) is 0 Å². The molecule has 0 saturated carbocycles. The standard InChI is InChI=1S/C9H11N3O6S/c1-18-9(15)12-19(16,17)11-7-4-5(10)2-3-6(7)8(13)14/h2-4,11H,10H2,1H3,(H,12,15)(H,13,14). The lowest BCUT2D eigenvalue weighted by Gasteiger charge is -2.11. The molecule has 9 nitrogen and oxygen atoms in total.